The Morgan fingerprint density at radius 3 is 2.29 bits per heavy atom. The highest BCUT2D eigenvalue weighted by Crippen LogP contribution is 2.15. The second kappa shape index (κ2) is 8.15. The molecule has 21 heavy (non-hydrogen) atoms. The Balaban J connectivity index is 2.73. The highest BCUT2D eigenvalue weighted by molar-refractivity contribution is 5.82. The predicted octanol–water partition coefficient (Wildman–Crippen LogP) is 2.13. The van der Waals surface area contributed by atoms with E-state index in [0.29, 0.717) is 13.1 Å². The number of hydrogen-bond donors (Lipinski definition) is 2. The molecule has 4 nitrogen and oxygen atoms in total. The molecule has 118 valence electrons. The van der Waals surface area contributed by atoms with Crippen LogP contribution in [0.3, 0.4) is 0 Å². The minimum absolute atomic E-state index is 0.00245. The lowest BCUT2D eigenvalue weighted by atomic mass is 9.92. The Hall–Kier alpha value is -1.39. The molecule has 0 aliphatic rings. The summed E-state index contributed by atoms with van der Waals surface area (Å²) in [6.45, 7) is 11.9. The molecule has 0 heterocycles. The summed E-state index contributed by atoms with van der Waals surface area (Å²) in [5.74, 6) is 0.00245. The molecule has 0 fully saturated rings. The first kappa shape index (κ1) is 17.7. The van der Waals surface area contributed by atoms with Gasteiger partial charge in [0.25, 0.3) is 0 Å². The third-order valence-electron chi connectivity index (χ3n) is 3.97. The summed E-state index contributed by atoms with van der Waals surface area (Å²) < 4.78 is 0. The fourth-order valence-electron chi connectivity index (χ4n) is 2.08. The van der Waals surface area contributed by atoms with E-state index >= 15 is 0 Å². The number of carbonyl (C=O) groups is 1. The zero-order valence-electron chi connectivity index (χ0n) is 13.8. The first-order valence-electron chi connectivity index (χ1n) is 7.72. The third-order valence-corrected chi connectivity index (χ3v) is 3.97. The maximum Gasteiger partial charge on any atom is 0.227 e. The van der Waals surface area contributed by atoms with Gasteiger partial charge in [-0.1, -0.05) is 38.1 Å². The van der Waals surface area contributed by atoms with E-state index in [4.69, 9.17) is 5.73 Å². The van der Waals surface area contributed by atoms with Crippen molar-refractivity contribution in [1.82, 2.24) is 10.2 Å². The second-order valence-corrected chi connectivity index (χ2v) is 6.00. The minimum atomic E-state index is -0.520. The second-order valence-electron chi connectivity index (χ2n) is 6.00. The molecular weight excluding hydrogens is 262 g/mol. The van der Waals surface area contributed by atoms with E-state index in [9.17, 15) is 4.79 Å². The van der Waals surface area contributed by atoms with E-state index in [-0.39, 0.29) is 5.91 Å². The number of nitrogens with two attached hydrogens (primary N) is 1. The van der Waals surface area contributed by atoms with Gasteiger partial charge in [-0.2, -0.15) is 0 Å². The first-order valence-corrected chi connectivity index (χ1v) is 7.72. The van der Waals surface area contributed by atoms with Crippen LogP contribution in [0.15, 0.2) is 24.3 Å². The molecule has 3 N–H and O–H groups in total. The Bertz CT molecular complexity index is 453. The average Bonchev–Trinajstić information content (AvgIpc) is 2.50. The predicted molar refractivity (Wildman–Crippen MR) is 87.7 cm³/mol. The monoisotopic (exact) mass is 291 g/mol. The van der Waals surface area contributed by atoms with Gasteiger partial charge in [-0.3, -0.25) is 9.69 Å². The number of carbonyl (C=O) groups excluding carboxylic acids is 1. The molecule has 0 bridgehead atoms. The number of amides is 1. The van der Waals surface area contributed by atoms with Crippen LogP contribution in [-0.2, 0) is 17.9 Å². The fourth-order valence-corrected chi connectivity index (χ4v) is 2.08. The molecule has 0 aliphatic heterocycles. The van der Waals surface area contributed by atoms with Crippen molar-refractivity contribution in [3.8, 4) is 0 Å². The van der Waals surface area contributed by atoms with E-state index in [1.165, 1.54) is 11.1 Å². The van der Waals surface area contributed by atoms with Crippen LogP contribution in [0.5, 0.6) is 0 Å². The van der Waals surface area contributed by atoms with Crippen LogP contribution in [0, 0.1) is 5.41 Å². The van der Waals surface area contributed by atoms with Crippen LogP contribution in [0.25, 0.3) is 0 Å². The van der Waals surface area contributed by atoms with E-state index in [1.807, 2.05) is 26.0 Å². The summed E-state index contributed by atoms with van der Waals surface area (Å²) in [5.41, 5.74) is 7.56. The van der Waals surface area contributed by atoms with Crippen molar-refractivity contribution < 1.29 is 4.79 Å². The fraction of sp³-hybridized carbons (Fsp3) is 0.588. The average molecular weight is 291 g/mol. The zero-order valence-corrected chi connectivity index (χ0v) is 13.8. The lowest BCUT2D eigenvalue weighted by molar-refractivity contribution is -0.129. The van der Waals surface area contributed by atoms with E-state index in [0.717, 1.165) is 19.6 Å². The molecule has 0 saturated heterocycles. The Morgan fingerprint density at radius 1 is 1.19 bits per heavy atom. The lowest BCUT2D eigenvalue weighted by Gasteiger charge is -2.23. The quantitative estimate of drug-likeness (QED) is 0.771. The van der Waals surface area contributed by atoms with Crippen molar-refractivity contribution in [2.75, 3.05) is 19.6 Å². The van der Waals surface area contributed by atoms with Crippen LogP contribution in [-0.4, -0.2) is 30.4 Å². The molecular formula is C17H29N3O. The molecule has 0 radical (unpaired) electrons. The molecule has 1 aromatic rings. The zero-order chi connectivity index (χ0) is 15.9. The van der Waals surface area contributed by atoms with Crippen molar-refractivity contribution in [3.63, 3.8) is 0 Å². The smallest absolute Gasteiger partial charge is 0.227 e. The molecule has 1 aromatic carbocycles. The van der Waals surface area contributed by atoms with Crippen LogP contribution in [0.1, 0.15) is 38.8 Å². The topological polar surface area (TPSA) is 58.4 Å². The molecule has 0 aliphatic carbocycles. The summed E-state index contributed by atoms with van der Waals surface area (Å²) in [6, 6.07) is 8.28. The Labute approximate surface area is 128 Å². The number of hydrogen-bond acceptors (Lipinski definition) is 3. The molecule has 0 aromatic heterocycles. The van der Waals surface area contributed by atoms with Crippen molar-refractivity contribution >= 4 is 5.91 Å². The van der Waals surface area contributed by atoms with Gasteiger partial charge < -0.3 is 11.1 Å². The summed E-state index contributed by atoms with van der Waals surface area (Å²) >= 11 is 0. The molecule has 0 atom stereocenters. The van der Waals surface area contributed by atoms with Crippen LogP contribution >= 0.6 is 0 Å². The maximum atomic E-state index is 12.1. The largest absolute Gasteiger partial charge is 0.352 e. The van der Waals surface area contributed by atoms with Gasteiger partial charge >= 0.3 is 0 Å². The highest BCUT2D eigenvalue weighted by atomic mass is 16.2. The third kappa shape index (κ3) is 5.14. The van der Waals surface area contributed by atoms with E-state index in [2.05, 4.69) is 36.2 Å². The molecule has 0 saturated carbocycles. The first-order chi connectivity index (χ1) is 9.94. The van der Waals surface area contributed by atoms with Gasteiger partial charge in [0.05, 0.1) is 5.41 Å². The number of rotatable bonds is 8. The van der Waals surface area contributed by atoms with E-state index in [1.54, 1.807) is 0 Å². The van der Waals surface area contributed by atoms with Gasteiger partial charge in [0.2, 0.25) is 5.91 Å². The molecule has 0 unspecified atom stereocenters. The van der Waals surface area contributed by atoms with Gasteiger partial charge in [-0.05, 0) is 38.1 Å². The number of benzene rings is 1. The van der Waals surface area contributed by atoms with Gasteiger partial charge in [0, 0.05) is 19.6 Å². The lowest BCUT2D eigenvalue weighted by Crippen LogP contribution is -2.41. The van der Waals surface area contributed by atoms with Gasteiger partial charge in [-0.25, -0.2) is 0 Å². The standard InChI is InChI=1S/C17H29N3O/c1-5-20(6-2)12-15-10-8-7-9-14(15)11-19-16(21)17(3,4)13-18/h7-10H,5-6,11-13,18H2,1-4H3,(H,19,21). The molecule has 4 heteroatoms. The summed E-state index contributed by atoms with van der Waals surface area (Å²) in [4.78, 5) is 14.5. The van der Waals surface area contributed by atoms with E-state index < -0.39 is 5.41 Å². The van der Waals surface area contributed by atoms with Crippen molar-refractivity contribution in [2.45, 2.75) is 40.8 Å². The van der Waals surface area contributed by atoms with Crippen LogP contribution in [0.4, 0.5) is 0 Å². The van der Waals surface area contributed by atoms with Crippen LogP contribution in [0.2, 0.25) is 0 Å². The summed E-state index contributed by atoms with van der Waals surface area (Å²) in [7, 11) is 0. The molecule has 1 amide bonds. The van der Waals surface area contributed by atoms with Crippen LogP contribution < -0.4 is 11.1 Å². The Morgan fingerprint density at radius 2 is 1.76 bits per heavy atom. The Kier molecular flexibility index (Phi) is 6.85. The number of nitrogens with zero attached hydrogens (tertiary/aromatic N) is 1. The maximum absolute atomic E-state index is 12.1. The SMILES string of the molecule is CCN(CC)Cc1ccccc1CNC(=O)C(C)(C)CN. The van der Waals surface area contributed by atoms with Gasteiger partial charge in [0.1, 0.15) is 0 Å². The minimum Gasteiger partial charge on any atom is -0.352 e. The summed E-state index contributed by atoms with van der Waals surface area (Å²) in [6.07, 6.45) is 0. The normalized spacial score (nSPS) is 11.7. The summed E-state index contributed by atoms with van der Waals surface area (Å²) in [5, 5.41) is 3.00. The van der Waals surface area contributed by atoms with Crippen molar-refractivity contribution in [3.05, 3.63) is 35.4 Å². The van der Waals surface area contributed by atoms with Crippen molar-refractivity contribution in [1.29, 1.82) is 0 Å². The van der Waals surface area contributed by atoms with Gasteiger partial charge in [0.15, 0.2) is 0 Å². The highest BCUT2D eigenvalue weighted by Gasteiger charge is 2.25. The molecule has 1 rings (SSSR count). The van der Waals surface area contributed by atoms with Gasteiger partial charge in [-0.15, -0.1) is 0 Å². The molecule has 0 spiro atoms. The van der Waals surface area contributed by atoms with Crippen molar-refractivity contribution in [2.24, 2.45) is 11.1 Å². The number of nitrogens with one attached hydrogen (secondary N) is 1.